The fourth-order valence-corrected chi connectivity index (χ4v) is 1.78. The highest BCUT2D eigenvalue weighted by molar-refractivity contribution is 5.81. The summed E-state index contributed by atoms with van der Waals surface area (Å²) in [6.07, 6.45) is 0. The van der Waals surface area contributed by atoms with Gasteiger partial charge in [0.25, 0.3) is 0 Å². The zero-order valence-corrected chi connectivity index (χ0v) is 8.23. The van der Waals surface area contributed by atoms with Crippen LogP contribution in [0.25, 0.3) is 0 Å². The van der Waals surface area contributed by atoms with E-state index in [9.17, 15) is 4.79 Å². The summed E-state index contributed by atoms with van der Waals surface area (Å²) in [5.74, 6) is 0.0289. The number of rotatable bonds is 1. The summed E-state index contributed by atoms with van der Waals surface area (Å²) in [5.41, 5.74) is 8.03. The summed E-state index contributed by atoms with van der Waals surface area (Å²) in [7, 11) is 0. The maximum atomic E-state index is 11.6. The van der Waals surface area contributed by atoms with Crippen LogP contribution in [0.2, 0.25) is 0 Å². The molecule has 14 heavy (non-hydrogen) atoms. The minimum absolute atomic E-state index is 0.0289. The number of fused-ring (bicyclic) bond motifs is 1. The van der Waals surface area contributed by atoms with E-state index in [1.807, 2.05) is 12.1 Å². The lowest BCUT2D eigenvalue weighted by atomic mass is 10.1. The Morgan fingerprint density at radius 3 is 2.29 bits per heavy atom. The van der Waals surface area contributed by atoms with Crippen LogP contribution in [0.5, 0.6) is 0 Å². The third kappa shape index (κ3) is 1.51. The molecule has 3 nitrogen and oxygen atoms in total. The van der Waals surface area contributed by atoms with Crippen molar-refractivity contribution in [2.24, 2.45) is 5.73 Å². The van der Waals surface area contributed by atoms with Crippen LogP contribution in [0.15, 0.2) is 24.3 Å². The van der Waals surface area contributed by atoms with Gasteiger partial charge < -0.3 is 10.6 Å². The summed E-state index contributed by atoms with van der Waals surface area (Å²) in [5, 5.41) is 0. The third-order valence-electron chi connectivity index (χ3n) is 2.54. The molecule has 1 unspecified atom stereocenters. The monoisotopic (exact) mass is 190 g/mol. The molecule has 1 amide bonds. The zero-order valence-electron chi connectivity index (χ0n) is 8.23. The summed E-state index contributed by atoms with van der Waals surface area (Å²) in [4.78, 5) is 13.4. The van der Waals surface area contributed by atoms with E-state index >= 15 is 0 Å². The molecule has 0 saturated carbocycles. The second-order valence-corrected chi connectivity index (χ2v) is 3.75. The van der Waals surface area contributed by atoms with Gasteiger partial charge in [-0.2, -0.15) is 0 Å². The standard InChI is InChI=1S/C11H14N2O/c1-8(12)11(14)13-6-9-4-2-3-5-10(9)7-13/h2-5,8H,6-7,12H2,1H3. The largest absolute Gasteiger partial charge is 0.333 e. The first-order chi connectivity index (χ1) is 6.68. The molecule has 1 heterocycles. The molecule has 1 aliphatic rings. The lowest BCUT2D eigenvalue weighted by molar-refractivity contribution is -0.132. The first-order valence-electron chi connectivity index (χ1n) is 4.79. The molecule has 2 rings (SSSR count). The van der Waals surface area contributed by atoms with Crippen molar-refractivity contribution in [3.05, 3.63) is 35.4 Å². The van der Waals surface area contributed by atoms with Crippen LogP contribution in [-0.4, -0.2) is 16.8 Å². The van der Waals surface area contributed by atoms with E-state index < -0.39 is 6.04 Å². The second-order valence-electron chi connectivity index (χ2n) is 3.75. The van der Waals surface area contributed by atoms with Gasteiger partial charge in [0, 0.05) is 13.1 Å². The molecule has 3 heteroatoms. The van der Waals surface area contributed by atoms with Gasteiger partial charge in [0.1, 0.15) is 0 Å². The Morgan fingerprint density at radius 2 is 1.86 bits per heavy atom. The fraction of sp³-hybridized carbons (Fsp3) is 0.364. The van der Waals surface area contributed by atoms with E-state index in [-0.39, 0.29) is 5.91 Å². The minimum atomic E-state index is -0.399. The molecule has 2 N–H and O–H groups in total. The molecule has 74 valence electrons. The number of amides is 1. The normalized spacial score (nSPS) is 16.6. The molecule has 1 atom stereocenters. The van der Waals surface area contributed by atoms with Gasteiger partial charge in [0.05, 0.1) is 6.04 Å². The fourth-order valence-electron chi connectivity index (χ4n) is 1.78. The van der Waals surface area contributed by atoms with Crippen LogP contribution in [0.3, 0.4) is 0 Å². The Morgan fingerprint density at radius 1 is 1.36 bits per heavy atom. The van der Waals surface area contributed by atoms with Crippen molar-refractivity contribution in [2.75, 3.05) is 0 Å². The molecule has 1 aromatic carbocycles. The number of carbonyl (C=O) groups is 1. The molecule has 1 aromatic rings. The van der Waals surface area contributed by atoms with Gasteiger partial charge in [-0.05, 0) is 18.1 Å². The summed E-state index contributed by atoms with van der Waals surface area (Å²) < 4.78 is 0. The molecule has 0 spiro atoms. The van der Waals surface area contributed by atoms with Crippen molar-refractivity contribution in [3.8, 4) is 0 Å². The van der Waals surface area contributed by atoms with Gasteiger partial charge >= 0.3 is 0 Å². The van der Waals surface area contributed by atoms with Gasteiger partial charge in [-0.25, -0.2) is 0 Å². The number of carbonyl (C=O) groups excluding carboxylic acids is 1. The lowest BCUT2D eigenvalue weighted by Gasteiger charge is -2.17. The Bertz CT molecular complexity index is 335. The van der Waals surface area contributed by atoms with Crippen LogP contribution < -0.4 is 5.73 Å². The average Bonchev–Trinajstić information content (AvgIpc) is 2.59. The lowest BCUT2D eigenvalue weighted by Crippen LogP contribution is -2.38. The van der Waals surface area contributed by atoms with E-state index in [4.69, 9.17) is 5.73 Å². The first kappa shape index (κ1) is 9.21. The predicted molar refractivity (Wildman–Crippen MR) is 54.3 cm³/mol. The van der Waals surface area contributed by atoms with E-state index in [1.165, 1.54) is 11.1 Å². The van der Waals surface area contributed by atoms with E-state index in [0.717, 1.165) is 0 Å². The van der Waals surface area contributed by atoms with Crippen LogP contribution in [0.1, 0.15) is 18.1 Å². The molecule has 0 radical (unpaired) electrons. The van der Waals surface area contributed by atoms with Crippen molar-refractivity contribution >= 4 is 5.91 Å². The number of benzene rings is 1. The number of hydrogen-bond donors (Lipinski definition) is 1. The molecular formula is C11H14N2O. The Kier molecular flexibility index (Phi) is 2.25. The maximum absolute atomic E-state index is 11.6. The van der Waals surface area contributed by atoms with Gasteiger partial charge in [-0.15, -0.1) is 0 Å². The van der Waals surface area contributed by atoms with Crippen LogP contribution in [0, 0.1) is 0 Å². The average molecular weight is 190 g/mol. The Labute approximate surface area is 83.5 Å². The first-order valence-corrected chi connectivity index (χ1v) is 4.79. The molecule has 0 bridgehead atoms. The van der Waals surface area contributed by atoms with Crippen LogP contribution >= 0.6 is 0 Å². The zero-order chi connectivity index (χ0) is 10.1. The highest BCUT2D eigenvalue weighted by Crippen LogP contribution is 2.22. The maximum Gasteiger partial charge on any atom is 0.239 e. The van der Waals surface area contributed by atoms with Crippen LogP contribution in [-0.2, 0) is 17.9 Å². The van der Waals surface area contributed by atoms with Crippen molar-refractivity contribution < 1.29 is 4.79 Å². The quantitative estimate of drug-likeness (QED) is 0.714. The third-order valence-corrected chi connectivity index (χ3v) is 2.54. The number of nitrogens with two attached hydrogens (primary N) is 1. The minimum Gasteiger partial charge on any atom is -0.333 e. The van der Waals surface area contributed by atoms with E-state index in [2.05, 4.69) is 12.1 Å². The topological polar surface area (TPSA) is 46.3 Å². The number of hydrogen-bond acceptors (Lipinski definition) is 2. The van der Waals surface area contributed by atoms with Crippen molar-refractivity contribution in [2.45, 2.75) is 26.1 Å². The SMILES string of the molecule is CC(N)C(=O)N1Cc2ccccc2C1. The van der Waals surface area contributed by atoms with Crippen molar-refractivity contribution in [3.63, 3.8) is 0 Å². The highest BCUT2D eigenvalue weighted by atomic mass is 16.2. The highest BCUT2D eigenvalue weighted by Gasteiger charge is 2.24. The van der Waals surface area contributed by atoms with Gasteiger partial charge in [0.2, 0.25) is 5.91 Å². The van der Waals surface area contributed by atoms with Gasteiger partial charge in [-0.1, -0.05) is 24.3 Å². The smallest absolute Gasteiger partial charge is 0.239 e. The van der Waals surface area contributed by atoms with E-state index in [0.29, 0.717) is 13.1 Å². The van der Waals surface area contributed by atoms with Gasteiger partial charge in [0.15, 0.2) is 0 Å². The predicted octanol–water partition coefficient (Wildman–Crippen LogP) is 0.876. The molecule has 0 saturated heterocycles. The second kappa shape index (κ2) is 3.42. The molecule has 0 aliphatic carbocycles. The Hall–Kier alpha value is -1.35. The van der Waals surface area contributed by atoms with Crippen LogP contribution in [0.4, 0.5) is 0 Å². The molecule has 1 aliphatic heterocycles. The van der Waals surface area contributed by atoms with Crippen molar-refractivity contribution in [1.29, 1.82) is 0 Å². The van der Waals surface area contributed by atoms with Crippen molar-refractivity contribution in [1.82, 2.24) is 4.90 Å². The molecular weight excluding hydrogens is 176 g/mol. The summed E-state index contributed by atoms with van der Waals surface area (Å²) in [6, 6.07) is 7.72. The number of nitrogens with zero attached hydrogens (tertiary/aromatic N) is 1. The van der Waals surface area contributed by atoms with Gasteiger partial charge in [-0.3, -0.25) is 4.79 Å². The van der Waals surface area contributed by atoms with E-state index in [1.54, 1.807) is 11.8 Å². The molecule has 0 aromatic heterocycles. The Balaban J connectivity index is 2.16. The molecule has 0 fully saturated rings. The summed E-state index contributed by atoms with van der Waals surface area (Å²) in [6.45, 7) is 3.14. The summed E-state index contributed by atoms with van der Waals surface area (Å²) >= 11 is 0.